The highest BCUT2D eigenvalue weighted by Gasteiger charge is 2.29. The van der Waals surface area contributed by atoms with Crippen LogP contribution < -0.4 is 5.73 Å². The second-order valence-corrected chi connectivity index (χ2v) is 5.74. The standard InChI is InChI=1S/C14H21BrN2/c1-3-17-8-4-5-13(16)14(17)11-7-6-10(2)12(15)9-11/h6-7,9,13-14H,3-5,8,16H2,1-2H3. The number of nitrogens with zero attached hydrogens (tertiary/aromatic N) is 1. The maximum absolute atomic E-state index is 6.31. The maximum atomic E-state index is 6.31. The summed E-state index contributed by atoms with van der Waals surface area (Å²) < 4.78 is 1.18. The molecule has 94 valence electrons. The minimum Gasteiger partial charge on any atom is -0.326 e. The zero-order chi connectivity index (χ0) is 12.4. The van der Waals surface area contributed by atoms with Gasteiger partial charge >= 0.3 is 0 Å². The average molecular weight is 297 g/mol. The van der Waals surface area contributed by atoms with Gasteiger partial charge < -0.3 is 5.73 Å². The predicted octanol–water partition coefficient (Wildman–Crippen LogP) is 3.24. The summed E-state index contributed by atoms with van der Waals surface area (Å²) in [6.45, 7) is 6.57. The summed E-state index contributed by atoms with van der Waals surface area (Å²) in [5.41, 5.74) is 8.93. The van der Waals surface area contributed by atoms with Gasteiger partial charge in [0.15, 0.2) is 0 Å². The summed E-state index contributed by atoms with van der Waals surface area (Å²) in [5, 5.41) is 0. The van der Waals surface area contributed by atoms with Gasteiger partial charge in [-0.2, -0.15) is 0 Å². The van der Waals surface area contributed by atoms with Gasteiger partial charge in [0.25, 0.3) is 0 Å². The number of likely N-dealkylation sites (N-methyl/N-ethyl adjacent to an activating group) is 1. The van der Waals surface area contributed by atoms with Gasteiger partial charge in [0.1, 0.15) is 0 Å². The second-order valence-electron chi connectivity index (χ2n) is 4.89. The Morgan fingerprint density at radius 3 is 2.88 bits per heavy atom. The Bertz CT molecular complexity index is 392. The van der Waals surface area contributed by atoms with E-state index in [2.05, 4.69) is 52.9 Å². The Labute approximate surface area is 112 Å². The number of piperidine rings is 1. The minimum absolute atomic E-state index is 0.262. The van der Waals surface area contributed by atoms with E-state index in [-0.39, 0.29) is 6.04 Å². The summed E-state index contributed by atoms with van der Waals surface area (Å²) in [5.74, 6) is 0. The van der Waals surface area contributed by atoms with Crippen molar-refractivity contribution in [1.29, 1.82) is 0 Å². The molecule has 0 spiro atoms. The Hall–Kier alpha value is -0.380. The van der Waals surface area contributed by atoms with Crippen molar-refractivity contribution in [2.75, 3.05) is 13.1 Å². The van der Waals surface area contributed by atoms with Gasteiger partial charge in [0.05, 0.1) is 0 Å². The number of hydrogen-bond donors (Lipinski definition) is 1. The Kier molecular flexibility index (Phi) is 4.23. The molecule has 0 amide bonds. The predicted molar refractivity (Wildman–Crippen MR) is 76.1 cm³/mol. The molecule has 2 rings (SSSR count). The van der Waals surface area contributed by atoms with Crippen molar-refractivity contribution in [2.24, 2.45) is 5.73 Å². The van der Waals surface area contributed by atoms with Crippen molar-refractivity contribution in [2.45, 2.75) is 38.8 Å². The topological polar surface area (TPSA) is 29.3 Å². The fraction of sp³-hybridized carbons (Fsp3) is 0.571. The van der Waals surface area contributed by atoms with E-state index >= 15 is 0 Å². The van der Waals surface area contributed by atoms with E-state index < -0.39 is 0 Å². The van der Waals surface area contributed by atoms with E-state index in [4.69, 9.17) is 5.73 Å². The van der Waals surface area contributed by atoms with Gasteiger partial charge in [-0.3, -0.25) is 4.90 Å². The van der Waals surface area contributed by atoms with Crippen LogP contribution in [0.2, 0.25) is 0 Å². The number of benzene rings is 1. The molecule has 0 aromatic heterocycles. The molecule has 0 bridgehead atoms. The number of halogens is 1. The second kappa shape index (κ2) is 5.51. The van der Waals surface area contributed by atoms with Gasteiger partial charge in [0, 0.05) is 16.6 Å². The Morgan fingerprint density at radius 1 is 1.47 bits per heavy atom. The number of aryl methyl sites for hydroxylation is 1. The Morgan fingerprint density at radius 2 is 2.24 bits per heavy atom. The van der Waals surface area contributed by atoms with E-state index in [9.17, 15) is 0 Å². The monoisotopic (exact) mass is 296 g/mol. The molecule has 1 fully saturated rings. The number of rotatable bonds is 2. The van der Waals surface area contributed by atoms with Crippen molar-refractivity contribution >= 4 is 15.9 Å². The summed E-state index contributed by atoms with van der Waals surface area (Å²) in [6.07, 6.45) is 2.35. The lowest BCUT2D eigenvalue weighted by atomic mass is 9.90. The van der Waals surface area contributed by atoms with Crippen LogP contribution in [0.5, 0.6) is 0 Å². The fourth-order valence-corrected chi connectivity index (χ4v) is 3.10. The largest absolute Gasteiger partial charge is 0.326 e. The van der Waals surface area contributed by atoms with Crippen molar-refractivity contribution in [3.63, 3.8) is 0 Å². The zero-order valence-electron chi connectivity index (χ0n) is 10.6. The van der Waals surface area contributed by atoms with Crippen LogP contribution in [0.4, 0.5) is 0 Å². The first kappa shape index (κ1) is 13.1. The minimum atomic E-state index is 0.262. The summed E-state index contributed by atoms with van der Waals surface area (Å²) >= 11 is 3.62. The number of likely N-dealkylation sites (tertiary alicyclic amines) is 1. The highest BCUT2D eigenvalue weighted by Crippen LogP contribution is 2.32. The average Bonchev–Trinajstić information content (AvgIpc) is 2.32. The third-order valence-electron chi connectivity index (χ3n) is 3.73. The molecule has 1 aliphatic heterocycles. The van der Waals surface area contributed by atoms with Gasteiger partial charge in [-0.25, -0.2) is 0 Å². The first-order valence-corrected chi connectivity index (χ1v) is 7.18. The van der Waals surface area contributed by atoms with E-state index in [1.165, 1.54) is 28.6 Å². The van der Waals surface area contributed by atoms with Gasteiger partial charge in [-0.05, 0) is 50.0 Å². The molecule has 17 heavy (non-hydrogen) atoms. The van der Waals surface area contributed by atoms with Crippen LogP contribution in [0, 0.1) is 6.92 Å². The van der Waals surface area contributed by atoms with Gasteiger partial charge in [-0.15, -0.1) is 0 Å². The molecule has 3 heteroatoms. The van der Waals surface area contributed by atoms with Gasteiger partial charge in [0.2, 0.25) is 0 Å². The van der Waals surface area contributed by atoms with Crippen molar-refractivity contribution < 1.29 is 0 Å². The molecule has 1 saturated heterocycles. The third-order valence-corrected chi connectivity index (χ3v) is 4.58. The molecule has 1 aliphatic rings. The van der Waals surface area contributed by atoms with Crippen molar-refractivity contribution in [3.8, 4) is 0 Å². The highest BCUT2D eigenvalue weighted by molar-refractivity contribution is 9.10. The van der Waals surface area contributed by atoms with Crippen LogP contribution in [-0.2, 0) is 0 Å². The fourth-order valence-electron chi connectivity index (χ4n) is 2.70. The Balaban J connectivity index is 2.31. The zero-order valence-corrected chi connectivity index (χ0v) is 12.2. The molecular formula is C14H21BrN2. The van der Waals surface area contributed by atoms with Crippen LogP contribution >= 0.6 is 15.9 Å². The maximum Gasteiger partial charge on any atom is 0.0499 e. The lowest BCUT2D eigenvalue weighted by Crippen LogP contribution is -2.45. The molecule has 2 N–H and O–H groups in total. The highest BCUT2D eigenvalue weighted by atomic mass is 79.9. The molecule has 2 atom stereocenters. The lowest BCUT2D eigenvalue weighted by Gasteiger charge is -2.39. The van der Waals surface area contributed by atoms with Crippen LogP contribution in [0.25, 0.3) is 0 Å². The van der Waals surface area contributed by atoms with Crippen LogP contribution in [-0.4, -0.2) is 24.0 Å². The first-order valence-electron chi connectivity index (χ1n) is 6.39. The SMILES string of the molecule is CCN1CCCC(N)C1c1ccc(C)c(Br)c1. The molecule has 1 heterocycles. The smallest absolute Gasteiger partial charge is 0.0499 e. The van der Waals surface area contributed by atoms with Crippen LogP contribution in [0.3, 0.4) is 0 Å². The molecule has 2 unspecified atom stereocenters. The van der Waals surface area contributed by atoms with E-state index in [1.54, 1.807) is 0 Å². The van der Waals surface area contributed by atoms with Crippen LogP contribution in [0.15, 0.2) is 22.7 Å². The molecule has 0 saturated carbocycles. The van der Waals surface area contributed by atoms with E-state index in [1.807, 2.05) is 0 Å². The molecule has 0 aliphatic carbocycles. The van der Waals surface area contributed by atoms with Gasteiger partial charge in [-0.1, -0.05) is 35.0 Å². The van der Waals surface area contributed by atoms with Crippen LogP contribution in [0.1, 0.15) is 36.9 Å². The van der Waals surface area contributed by atoms with E-state index in [0.717, 1.165) is 13.0 Å². The summed E-state index contributed by atoms with van der Waals surface area (Å²) in [4.78, 5) is 2.49. The molecule has 1 aromatic rings. The summed E-state index contributed by atoms with van der Waals surface area (Å²) in [7, 11) is 0. The third kappa shape index (κ3) is 2.72. The number of hydrogen-bond acceptors (Lipinski definition) is 2. The molecule has 1 aromatic carbocycles. The molecule has 2 nitrogen and oxygen atoms in total. The van der Waals surface area contributed by atoms with E-state index in [0.29, 0.717) is 6.04 Å². The molecular weight excluding hydrogens is 276 g/mol. The normalized spacial score (nSPS) is 26.1. The quantitative estimate of drug-likeness (QED) is 0.908. The lowest BCUT2D eigenvalue weighted by molar-refractivity contribution is 0.136. The molecule has 0 radical (unpaired) electrons. The van der Waals surface area contributed by atoms with Crippen molar-refractivity contribution in [3.05, 3.63) is 33.8 Å². The number of nitrogens with two attached hydrogens (primary N) is 1. The first-order chi connectivity index (χ1) is 8.13. The van der Waals surface area contributed by atoms with Crippen molar-refractivity contribution in [1.82, 2.24) is 4.90 Å². The summed E-state index contributed by atoms with van der Waals surface area (Å²) in [6, 6.07) is 7.27.